The van der Waals surface area contributed by atoms with Crippen LogP contribution in [0.4, 0.5) is 0 Å². The van der Waals surface area contributed by atoms with E-state index in [4.69, 9.17) is 4.74 Å². The predicted octanol–water partition coefficient (Wildman–Crippen LogP) is 0.811. The smallest absolute Gasteiger partial charge is 0.347 e. The van der Waals surface area contributed by atoms with Gasteiger partial charge in [-0.1, -0.05) is 13.5 Å². The van der Waals surface area contributed by atoms with E-state index in [0.717, 1.165) is 0 Å². The molecule has 1 heterocycles. The van der Waals surface area contributed by atoms with Crippen molar-refractivity contribution < 1.29 is 19.1 Å². The molecule has 0 bridgehead atoms. The van der Waals surface area contributed by atoms with E-state index in [1.54, 1.807) is 6.92 Å². The maximum atomic E-state index is 11.1. The molecule has 0 aromatic carbocycles. The van der Waals surface area contributed by atoms with Crippen LogP contribution in [0.15, 0.2) is 12.2 Å². The molecule has 72 valence electrons. The van der Waals surface area contributed by atoms with Crippen LogP contribution in [-0.4, -0.2) is 24.6 Å². The van der Waals surface area contributed by atoms with Crippen LogP contribution in [0.2, 0.25) is 0 Å². The van der Waals surface area contributed by atoms with Crippen molar-refractivity contribution >= 4 is 11.9 Å². The first kappa shape index (κ1) is 9.77. The van der Waals surface area contributed by atoms with Crippen LogP contribution >= 0.6 is 0 Å². The lowest BCUT2D eigenvalue weighted by atomic mass is 10.2. The lowest BCUT2D eigenvalue weighted by molar-refractivity contribution is -0.157. The van der Waals surface area contributed by atoms with Gasteiger partial charge in [-0.3, -0.25) is 0 Å². The molecule has 0 aromatic rings. The van der Waals surface area contributed by atoms with Gasteiger partial charge >= 0.3 is 11.9 Å². The fraction of sp³-hybridized carbons (Fsp3) is 0.556. The molecule has 0 radical (unpaired) electrons. The topological polar surface area (TPSA) is 52.6 Å². The maximum Gasteiger partial charge on any atom is 0.347 e. The van der Waals surface area contributed by atoms with E-state index in [1.807, 2.05) is 0 Å². The first-order valence-corrected chi connectivity index (χ1v) is 4.20. The molecule has 0 N–H and O–H groups in total. The van der Waals surface area contributed by atoms with E-state index in [9.17, 15) is 9.59 Å². The first-order chi connectivity index (χ1) is 6.15. The van der Waals surface area contributed by atoms with Gasteiger partial charge in [-0.05, 0) is 6.42 Å². The first-order valence-electron chi connectivity index (χ1n) is 4.20. The van der Waals surface area contributed by atoms with Crippen molar-refractivity contribution in [2.45, 2.75) is 25.9 Å². The second kappa shape index (κ2) is 4.07. The van der Waals surface area contributed by atoms with Crippen molar-refractivity contribution in [1.29, 1.82) is 0 Å². The van der Waals surface area contributed by atoms with Gasteiger partial charge in [0.2, 0.25) is 6.10 Å². The fourth-order valence-corrected chi connectivity index (χ4v) is 0.941. The van der Waals surface area contributed by atoms with Crippen molar-refractivity contribution in [2.75, 3.05) is 6.61 Å². The Morgan fingerprint density at radius 2 is 2.46 bits per heavy atom. The lowest BCUT2D eigenvalue weighted by Gasteiger charge is -2.08. The van der Waals surface area contributed by atoms with Gasteiger partial charge in [-0.25, -0.2) is 9.59 Å². The van der Waals surface area contributed by atoms with Gasteiger partial charge in [-0.2, -0.15) is 0 Å². The molecular formula is C9H12O4. The minimum atomic E-state index is -0.726. The maximum absolute atomic E-state index is 11.1. The Labute approximate surface area is 76.5 Å². The Bertz CT molecular complexity index is 244. The zero-order chi connectivity index (χ0) is 9.84. The highest BCUT2D eigenvalue weighted by molar-refractivity contribution is 5.90. The largest absolute Gasteiger partial charge is 0.463 e. The third-order valence-electron chi connectivity index (χ3n) is 1.85. The summed E-state index contributed by atoms with van der Waals surface area (Å²) in [7, 11) is 0. The average molecular weight is 184 g/mol. The Balaban J connectivity index is 2.44. The van der Waals surface area contributed by atoms with Crippen LogP contribution < -0.4 is 0 Å². The van der Waals surface area contributed by atoms with E-state index in [-0.39, 0.29) is 0 Å². The summed E-state index contributed by atoms with van der Waals surface area (Å²) < 4.78 is 9.50. The molecule has 1 fully saturated rings. The molecule has 0 saturated carbocycles. The highest BCUT2D eigenvalue weighted by Crippen LogP contribution is 2.12. The van der Waals surface area contributed by atoms with Crippen LogP contribution in [0, 0.1) is 0 Å². The third kappa shape index (κ3) is 2.31. The molecule has 4 heteroatoms. The van der Waals surface area contributed by atoms with Crippen molar-refractivity contribution in [3.63, 3.8) is 0 Å². The van der Waals surface area contributed by atoms with E-state index in [2.05, 4.69) is 11.3 Å². The molecule has 0 spiro atoms. The van der Waals surface area contributed by atoms with E-state index in [1.165, 1.54) is 0 Å². The van der Waals surface area contributed by atoms with Gasteiger partial charge < -0.3 is 9.47 Å². The lowest BCUT2D eigenvalue weighted by Crippen LogP contribution is -2.23. The Kier molecular flexibility index (Phi) is 3.06. The summed E-state index contributed by atoms with van der Waals surface area (Å²) in [5.41, 5.74) is 0.375. The van der Waals surface area contributed by atoms with Crippen LogP contribution in [0.3, 0.4) is 0 Å². The summed E-state index contributed by atoms with van der Waals surface area (Å²) in [6.45, 7) is 5.64. The van der Waals surface area contributed by atoms with Crippen molar-refractivity contribution in [2.24, 2.45) is 0 Å². The third-order valence-corrected chi connectivity index (χ3v) is 1.85. The number of carbonyl (C=O) groups excluding carboxylic acids is 2. The number of hydrogen-bond donors (Lipinski definition) is 0. The molecule has 1 saturated heterocycles. The molecular weight excluding hydrogens is 172 g/mol. The quantitative estimate of drug-likeness (QED) is 0.481. The fourth-order valence-electron chi connectivity index (χ4n) is 0.941. The molecule has 4 nitrogen and oxygen atoms in total. The van der Waals surface area contributed by atoms with Gasteiger partial charge in [-0.15, -0.1) is 0 Å². The second-order valence-electron chi connectivity index (χ2n) is 2.81. The van der Waals surface area contributed by atoms with E-state index in [0.29, 0.717) is 25.0 Å². The molecule has 1 atom stereocenters. The van der Waals surface area contributed by atoms with Gasteiger partial charge in [0.1, 0.15) is 0 Å². The Hall–Kier alpha value is -1.32. The second-order valence-corrected chi connectivity index (χ2v) is 2.81. The minimum Gasteiger partial charge on any atom is -0.463 e. The monoisotopic (exact) mass is 184 g/mol. The van der Waals surface area contributed by atoms with Crippen molar-refractivity contribution in [3.8, 4) is 0 Å². The van der Waals surface area contributed by atoms with Crippen LogP contribution in [0.25, 0.3) is 0 Å². The number of hydrogen-bond acceptors (Lipinski definition) is 4. The predicted molar refractivity (Wildman–Crippen MR) is 44.9 cm³/mol. The Morgan fingerprint density at radius 1 is 1.77 bits per heavy atom. The van der Waals surface area contributed by atoms with E-state index < -0.39 is 18.0 Å². The summed E-state index contributed by atoms with van der Waals surface area (Å²) in [5.74, 6) is -0.969. The van der Waals surface area contributed by atoms with E-state index >= 15 is 0 Å². The molecule has 1 unspecified atom stereocenters. The number of cyclic esters (lactones) is 1. The summed E-state index contributed by atoms with van der Waals surface area (Å²) in [6.07, 6.45) is 0.248. The van der Waals surface area contributed by atoms with Gasteiger partial charge in [0, 0.05) is 12.0 Å². The number of carbonyl (C=O) groups is 2. The summed E-state index contributed by atoms with van der Waals surface area (Å²) in [5, 5.41) is 0. The SMILES string of the molecule is C=C(CC)C(=O)OC1CCOC1=O. The summed E-state index contributed by atoms with van der Waals surface area (Å²) in [4.78, 5) is 22.0. The molecule has 13 heavy (non-hydrogen) atoms. The van der Waals surface area contributed by atoms with Crippen molar-refractivity contribution in [3.05, 3.63) is 12.2 Å². The van der Waals surface area contributed by atoms with Gasteiger partial charge in [0.25, 0.3) is 0 Å². The van der Waals surface area contributed by atoms with Crippen LogP contribution in [0.5, 0.6) is 0 Å². The molecule has 1 rings (SSSR count). The summed E-state index contributed by atoms with van der Waals surface area (Å²) in [6, 6.07) is 0. The highest BCUT2D eigenvalue weighted by Gasteiger charge is 2.30. The standard InChI is InChI=1S/C9H12O4/c1-3-6(2)8(10)13-7-4-5-12-9(7)11/h7H,2-5H2,1H3. The van der Waals surface area contributed by atoms with Crippen LogP contribution in [0.1, 0.15) is 19.8 Å². The number of ether oxygens (including phenoxy) is 2. The average Bonchev–Trinajstić information content (AvgIpc) is 2.50. The Morgan fingerprint density at radius 3 is 2.92 bits per heavy atom. The zero-order valence-electron chi connectivity index (χ0n) is 7.54. The molecule has 1 aliphatic heterocycles. The number of rotatable bonds is 3. The molecule has 0 aromatic heterocycles. The van der Waals surface area contributed by atoms with Crippen molar-refractivity contribution in [1.82, 2.24) is 0 Å². The van der Waals surface area contributed by atoms with Crippen LogP contribution in [-0.2, 0) is 19.1 Å². The minimum absolute atomic E-state index is 0.329. The molecule has 1 aliphatic rings. The number of esters is 2. The highest BCUT2D eigenvalue weighted by atomic mass is 16.6. The van der Waals surface area contributed by atoms with Gasteiger partial charge in [0.15, 0.2) is 0 Å². The normalized spacial score (nSPS) is 21.0. The molecule has 0 amide bonds. The summed E-state index contributed by atoms with van der Waals surface area (Å²) >= 11 is 0. The van der Waals surface area contributed by atoms with Gasteiger partial charge in [0.05, 0.1) is 6.61 Å². The molecule has 0 aliphatic carbocycles. The zero-order valence-corrected chi connectivity index (χ0v) is 7.54.